The third kappa shape index (κ3) is 22.5. The van der Waals surface area contributed by atoms with Crippen molar-refractivity contribution < 1.29 is 51.5 Å². The Morgan fingerprint density at radius 2 is 1.65 bits per heavy atom. The van der Waals surface area contributed by atoms with Crippen molar-refractivity contribution in [3.8, 4) is 0 Å². The van der Waals surface area contributed by atoms with E-state index >= 15 is 0 Å². The molecule has 0 spiro atoms. The van der Waals surface area contributed by atoms with Gasteiger partial charge in [-0.05, 0) is 68.1 Å². The second-order valence-electron chi connectivity index (χ2n) is 13.8. The van der Waals surface area contributed by atoms with Gasteiger partial charge in [0.15, 0.2) is 0 Å². The molecule has 4 aliphatic carbocycles. The first-order chi connectivity index (χ1) is 24.0. The summed E-state index contributed by atoms with van der Waals surface area (Å²) < 4.78 is 5.21. The van der Waals surface area contributed by atoms with Crippen LogP contribution in [0.4, 0.5) is 0 Å². The van der Waals surface area contributed by atoms with E-state index < -0.39 is 41.7 Å². The van der Waals surface area contributed by atoms with Gasteiger partial charge in [0, 0.05) is 19.8 Å². The first-order valence-electron chi connectivity index (χ1n) is 18.9. The first-order valence-corrected chi connectivity index (χ1v) is 31.6. The third-order valence-corrected chi connectivity index (χ3v) is 10.4. The van der Waals surface area contributed by atoms with Gasteiger partial charge in [0.05, 0.1) is 0 Å². The number of aliphatic hydroxyl groups excluding tert-OH is 1. The summed E-state index contributed by atoms with van der Waals surface area (Å²) in [4.78, 5) is 0. The number of aliphatic hydroxyl groups is 1. The zero-order chi connectivity index (χ0) is 36.0. The number of hydrogen-bond donors (Lipinski definition) is 1. The molecule has 5 aliphatic rings. The summed E-state index contributed by atoms with van der Waals surface area (Å²) in [5.74, 6) is 6.24. The van der Waals surface area contributed by atoms with Gasteiger partial charge in [0.25, 0.3) is 0 Å². The van der Waals surface area contributed by atoms with Crippen LogP contribution in [0.25, 0.3) is 0 Å². The molecule has 49 heavy (non-hydrogen) atoms. The quantitative estimate of drug-likeness (QED) is 0.147. The van der Waals surface area contributed by atoms with Gasteiger partial charge in [-0.25, -0.2) is 0 Å². The molecule has 8 unspecified atom stereocenters. The predicted octanol–water partition coefficient (Wildman–Crippen LogP) is 13.6. The number of ether oxygens (including phenoxy) is 1. The van der Waals surface area contributed by atoms with Crippen LogP contribution >= 0.6 is 34.1 Å². The number of rotatable bonds is 13. The van der Waals surface area contributed by atoms with Crippen LogP contribution < -0.4 is 0 Å². The minimum atomic E-state index is -0.826. The second kappa shape index (κ2) is 34.1. The second-order valence-corrected chi connectivity index (χ2v) is 21.2. The van der Waals surface area contributed by atoms with Gasteiger partial charge in [-0.2, -0.15) is 25.7 Å². The molecule has 278 valence electrons. The van der Waals surface area contributed by atoms with Gasteiger partial charge in [0.2, 0.25) is 0 Å². The molecule has 0 aromatic heterocycles. The number of halogens is 4. The average molecular weight is 914 g/mol. The van der Waals surface area contributed by atoms with E-state index in [-0.39, 0.29) is 0 Å². The van der Waals surface area contributed by atoms with Crippen molar-refractivity contribution in [3.05, 3.63) is 80.5 Å². The fourth-order valence-electron chi connectivity index (χ4n) is 7.73. The normalized spacial score (nSPS) is 28.1. The molecule has 0 aromatic rings. The van der Waals surface area contributed by atoms with E-state index in [9.17, 15) is 0 Å². The van der Waals surface area contributed by atoms with Crippen molar-refractivity contribution in [2.45, 2.75) is 110 Å². The standard InChI is InChI=1S/C25H32.C9H19O.C7H14O.4ClH.2Zr/c1(2-10-20-14-8-16-22-12-4-6-18-24(20)22)3-11-21-15-9-17-23-13-5-7-19-25(21)23;1-3-5-6-9(4-2)7-8-10;1-2-3-7-4-5-8-6-7;;;;;;/h1-2,4-7,9,12-13,16,18-25H,3,8,10-11,14-15,17H2;9-10H,2-8H2,1H3;7H,2-6H2,1H3;4*1H;;/q-2;-1;;;;;;+2;+4/p-4/b2-1+;;;;;;;;. The molecule has 0 bridgehead atoms. The fourth-order valence-corrected chi connectivity index (χ4v) is 7.73. The number of allylic oxidation sites excluding steroid dienone is 10. The van der Waals surface area contributed by atoms with E-state index in [1.54, 1.807) is 0 Å². The molecule has 1 N–H and O–H groups in total. The van der Waals surface area contributed by atoms with Crippen LogP contribution in [0.15, 0.2) is 60.8 Å². The van der Waals surface area contributed by atoms with Crippen molar-refractivity contribution >= 4 is 34.1 Å². The van der Waals surface area contributed by atoms with E-state index in [1.165, 1.54) is 83.5 Å². The van der Waals surface area contributed by atoms with Gasteiger partial charge in [0.1, 0.15) is 0 Å². The Balaban J connectivity index is 0.000000411. The molecule has 5 rings (SSSR count). The minimum absolute atomic E-state index is 0.323. The van der Waals surface area contributed by atoms with Crippen molar-refractivity contribution in [1.82, 2.24) is 0 Å². The van der Waals surface area contributed by atoms with Crippen molar-refractivity contribution in [1.29, 1.82) is 0 Å². The summed E-state index contributed by atoms with van der Waals surface area (Å²) in [5.41, 5.74) is 0. The van der Waals surface area contributed by atoms with Crippen LogP contribution in [0.5, 0.6) is 0 Å². The molecule has 0 aromatic carbocycles. The van der Waals surface area contributed by atoms with Crippen LogP contribution in [-0.4, -0.2) is 24.9 Å². The topological polar surface area (TPSA) is 29.5 Å². The van der Waals surface area contributed by atoms with Crippen LogP contribution in [0.1, 0.15) is 110 Å². The Morgan fingerprint density at radius 3 is 2.31 bits per heavy atom. The Labute approximate surface area is 340 Å². The van der Waals surface area contributed by atoms with Gasteiger partial charge in [-0.3, -0.25) is 0 Å². The molecule has 8 heteroatoms. The zero-order valence-corrected chi connectivity index (χ0v) is 38.3. The van der Waals surface area contributed by atoms with Crippen molar-refractivity contribution in [3.63, 3.8) is 0 Å². The SMILES string of the molecule is C1=CC2[CH-]CCC(C/C=C/CCC3C[CH-]CC4C=CC=CC43)C2C=C1.CCCC1CCOC1.[CH2-]CC(CCO)CCCC.[Cl][Zr+2][Cl].[Cl][Zr][Cl]. The Kier molecular flexibility index (Phi) is 33.8. The maximum absolute atomic E-state index is 8.64. The summed E-state index contributed by atoms with van der Waals surface area (Å²) in [6.45, 7) is 10.6. The molecule has 8 atom stereocenters. The summed E-state index contributed by atoms with van der Waals surface area (Å²) in [5, 5.41) is 8.64. The number of fused-ring (bicyclic) bond motifs is 2. The zero-order valence-electron chi connectivity index (χ0n) is 30.3. The molecular weight excluding hydrogens is 849 g/mol. The summed E-state index contributed by atoms with van der Waals surface area (Å²) in [7, 11) is 19.7. The predicted molar refractivity (Wildman–Crippen MR) is 209 cm³/mol. The van der Waals surface area contributed by atoms with Crippen molar-refractivity contribution in [2.75, 3.05) is 19.8 Å². The summed E-state index contributed by atoms with van der Waals surface area (Å²) >= 11 is -1.65. The van der Waals surface area contributed by atoms with Crippen molar-refractivity contribution in [2.24, 2.45) is 47.3 Å². The van der Waals surface area contributed by atoms with E-state index in [1.807, 2.05) is 0 Å². The molecule has 2 saturated carbocycles. The number of hydrogen-bond acceptors (Lipinski definition) is 2. The van der Waals surface area contributed by atoms with E-state index in [0.717, 1.165) is 61.6 Å². The molecule has 1 saturated heterocycles. The molecule has 1 heterocycles. The van der Waals surface area contributed by atoms with Crippen LogP contribution in [0.3, 0.4) is 0 Å². The molecule has 1 aliphatic heterocycles. The van der Waals surface area contributed by atoms with Gasteiger partial charge < -0.3 is 29.6 Å². The van der Waals surface area contributed by atoms with E-state index in [4.69, 9.17) is 43.9 Å². The Bertz CT molecular complexity index is 904. The van der Waals surface area contributed by atoms with Gasteiger partial charge >= 0.3 is 75.7 Å². The van der Waals surface area contributed by atoms with E-state index in [2.05, 4.69) is 94.4 Å². The monoisotopic (exact) mass is 909 g/mol. The number of unbranched alkanes of at least 4 members (excludes halogenated alkanes) is 1. The average Bonchev–Trinajstić information content (AvgIpc) is 3.65. The summed E-state index contributed by atoms with van der Waals surface area (Å²) in [6.07, 6.45) is 47.5. The molecule has 2 nitrogen and oxygen atoms in total. The van der Waals surface area contributed by atoms with Crippen LogP contribution in [-0.2, 0) is 46.4 Å². The molecular formula is C41H65Cl4O2Zr2-. The maximum atomic E-state index is 8.64. The third-order valence-electron chi connectivity index (χ3n) is 10.4. The fraction of sp³-hybridized carbons (Fsp3) is 0.683. The van der Waals surface area contributed by atoms with Gasteiger partial charge in [-0.15, -0.1) is 12.0 Å². The Hall–Kier alpha value is 1.55. The molecule has 0 amide bonds. The first kappa shape index (κ1) is 48.6. The van der Waals surface area contributed by atoms with Crippen LogP contribution in [0, 0.1) is 67.1 Å². The summed E-state index contributed by atoms with van der Waals surface area (Å²) in [6, 6.07) is 0. The van der Waals surface area contributed by atoms with Gasteiger partial charge in [-0.1, -0.05) is 112 Å². The Morgan fingerprint density at radius 1 is 0.939 bits per heavy atom. The molecule has 3 fully saturated rings. The molecule has 0 radical (unpaired) electrons. The van der Waals surface area contributed by atoms with E-state index in [0.29, 0.717) is 18.4 Å². The van der Waals surface area contributed by atoms with Crippen LogP contribution in [0.2, 0.25) is 0 Å².